The van der Waals surface area contributed by atoms with Crippen molar-refractivity contribution in [3.05, 3.63) is 90.5 Å². The summed E-state index contributed by atoms with van der Waals surface area (Å²) in [6, 6.07) is 21.1. The van der Waals surface area contributed by atoms with E-state index in [-0.39, 0.29) is 13.2 Å². The molecule has 5 N–H and O–H groups in total. The van der Waals surface area contributed by atoms with E-state index >= 15 is 0 Å². The van der Waals surface area contributed by atoms with Gasteiger partial charge in [-0.25, -0.2) is 4.79 Å². The predicted molar refractivity (Wildman–Crippen MR) is 150 cm³/mol. The molecule has 0 saturated heterocycles. The number of nitrogens with two attached hydrogens (primary N) is 1. The maximum absolute atomic E-state index is 12.8. The first-order chi connectivity index (χ1) is 18.4. The fourth-order valence-electron chi connectivity index (χ4n) is 3.45. The van der Waals surface area contributed by atoms with Crippen LogP contribution in [0, 0.1) is 0 Å². The van der Waals surface area contributed by atoms with Crippen molar-refractivity contribution in [3.63, 3.8) is 0 Å². The second-order valence-corrected chi connectivity index (χ2v) is 8.84. The van der Waals surface area contributed by atoms with Crippen molar-refractivity contribution in [1.82, 2.24) is 0 Å². The lowest BCUT2D eigenvalue weighted by molar-refractivity contribution is -0.112. The van der Waals surface area contributed by atoms with Gasteiger partial charge in [-0.2, -0.15) is 0 Å². The molecule has 0 aliphatic rings. The van der Waals surface area contributed by atoms with Gasteiger partial charge >= 0.3 is 6.09 Å². The third-order valence-electron chi connectivity index (χ3n) is 5.37. The number of methoxy groups -OCH3 is 1. The number of para-hydroxylation sites is 2. The summed E-state index contributed by atoms with van der Waals surface area (Å²) in [5.41, 5.74) is 8.00. The first-order valence-electron chi connectivity index (χ1n) is 11.7. The molecule has 0 spiro atoms. The first kappa shape index (κ1) is 28.6. The van der Waals surface area contributed by atoms with Crippen LogP contribution in [0.25, 0.3) is 0 Å². The van der Waals surface area contributed by atoms with Crippen LogP contribution >= 0.6 is 11.8 Å². The van der Waals surface area contributed by atoms with Crippen LogP contribution in [0.15, 0.2) is 89.8 Å². The van der Waals surface area contributed by atoms with E-state index in [0.717, 1.165) is 4.90 Å². The number of carbonyl (C=O) groups is 2. The molecule has 2 amide bonds. The third kappa shape index (κ3) is 8.55. The highest BCUT2D eigenvalue weighted by molar-refractivity contribution is 7.98. The fraction of sp³-hybridized carbons (Fsp3) is 0.214. The van der Waals surface area contributed by atoms with Gasteiger partial charge in [-0.1, -0.05) is 24.3 Å². The standard InChI is InChI=1S/C28H31N3O6S/c1-35-25(15-16-26(33)31-24-6-4-3-5-23(24)29)27(19-7-11-21(12-8-19)36-18-17-32)37-28(34)30-20-9-13-22(38-2)14-10-20/h3-16,25,27,32H,17-18,29H2,1-2H3,(H,30,34)(H,31,33)/b16-15+/t25-,27-/m0/s1. The van der Waals surface area contributed by atoms with Gasteiger partial charge in [0, 0.05) is 23.8 Å². The van der Waals surface area contributed by atoms with Crippen molar-refractivity contribution in [1.29, 1.82) is 0 Å². The van der Waals surface area contributed by atoms with Crippen molar-refractivity contribution >= 4 is 40.8 Å². The number of nitrogen functional groups attached to an aromatic ring is 1. The second-order valence-electron chi connectivity index (χ2n) is 7.96. The van der Waals surface area contributed by atoms with Crippen LogP contribution in [0.2, 0.25) is 0 Å². The number of ether oxygens (including phenoxy) is 3. The molecule has 2 atom stereocenters. The fourth-order valence-corrected chi connectivity index (χ4v) is 3.86. The number of benzene rings is 3. The molecule has 0 radical (unpaired) electrons. The van der Waals surface area contributed by atoms with Gasteiger partial charge in [-0.3, -0.25) is 10.1 Å². The summed E-state index contributed by atoms with van der Waals surface area (Å²) in [5, 5.41) is 14.4. The minimum atomic E-state index is -0.900. The van der Waals surface area contributed by atoms with Crippen LogP contribution in [0.1, 0.15) is 11.7 Å². The number of anilines is 3. The van der Waals surface area contributed by atoms with Crippen LogP contribution < -0.4 is 21.1 Å². The molecule has 38 heavy (non-hydrogen) atoms. The summed E-state index contributed by atoms with van der Waals surface area (Å²) >= 11 is 1.59. The van der Waals surface area contributed by atoms with E-state index < -0.39 is 24.2 Å². The van der Waals surface area contributed by atoms with Crippen LogP contribution in [0.3, 0.4) is 0 Å². The lowest BCUT2D eigenvalue weighted by Gasteiger charge is -2.24. The summed E-state index contributed by atoms with van der Waals surface area (Å²) in [5.74, 6) is 0.124. The van der Waals surface area contributed by atoms with Gasteiger partial charge in [0.1, 0.15) is 18.5 Å². The van der Waals surface area contributed by atoms with Gasteiger partial charge in [-0.05, 0) is 66.4 Å². The second kappa shape index (κ2) is 14.7. The van der Waals surface area contributed by atoms with Gasteiger partial charge in [-0.15, -0.1) is 11.8 Å². The Morgan fingerprint density at radius 1 is 1.03 bits per heavy atom. The molecule has 0 bridgehead atoms. The minimum Gasteiger partial charge on any atom is -0.491 e. The Kier molecular flexibility index (Phi) is 11.0. The molecule has 0 heterocycles. The monoisotopic (exact) mass is 537 g/mol. The summed E-state index contributed by atoms with van der Waals surface area (Å²) in [6.45, 7) is 0.0420. The van der Waals surface area contributed by atoms with Crippen molar-refractivity contribution in [2.75, 3.05) is 42.9 Å². The van der Waals surface area contributed by atoms with Gasteiger partial charge in [0.15, 0.2) is 6.10 Å². The van der Waals surface area contributed by atoms with Crippen LogP contribution in [-0.4, -0.2) is 49.8 Å². The number of nitrogens with one attached hydrogen (secondary N) is 2. The van der Waals surface area contributed by atoms with E-state index in [0.29, 0.717) is 28.4 Å². The van der Waals surface area contributed by atoms with Crippen LogP contribution in [0.5, 0.6) is 5.75 Å². The summed E-state index contributed by atoms with van der Waals surface area (Å²) in [7, 11) is 1.45. The summed E-state index contributed by atoms with van der Waals surface area (Å²) < 4.78 is 16.8. The molecule has 3 aromatic carbocycles. The van der Waals surface area contributed by atoms with E-state index in [2.05, 4.69) is 10.6 Å². The van der Waals surface area contributed by atoms with Gasteiger partial charge in [0.05, 0.1) is 18.0 Å². The molecule has 0 unspecified atom stereocenters. The Labute approximate surface area is 226 Å². The topological polar surface area (TPSA) is 132 Å². The van der Waals surface area contributed by atoms with E-state index in [1.54, 1.807) is 72.4 Å². The predicted octanol–water partition coefficient (Wildman–Crippen LogP) is 4.86. The molecule has 10 heteroatoms. The van der Waals surface area contributed by atoms with Crippen molar-refractivity contribution in [2.24, 2.45) is 0 Å². The number of hydrogen-bond donors (Lipinski definition) is 4. The number of thioether (sulfide) groups is 1. The summed E-state index contributed by atoms with van der Waals surface area (Å²) in [6.07, 6.45) is 2.38. The highest BCUT2D eigenvalue weighted by atomic mass is 32.2. The van der Waals surface area contributed by atoms with Crippen molar-refractivity contribution < 1.29 is 28.9 Å². The zero-order chi connectivity index (χ0) is 27.3. The van der Waals surface area contributed by atoms with E-state index in [4.69, 9.17) is 25.1 Å². The summed E-state index contributed by atoms with van der Waals surface area (Å²) in [4.78, 5) is 26.4. The smallest absolute Gasteiger partial charge is 0.412 e. The largest absolute Gasteiger partial charge is 0.491 e. The molecule has 9 nitrogen and oxygen atoms in total. The molecular formula is C28H31N3O6S. The lowest BCUT2D eigenvalue weighted by Crippen LogP contribution is -2.27. The highest BCUT2D eigenvalue weighted by Gasteiger charge is 2.26. The normalized spacial score (nSPS) is 12.5. The Morgan fingerprint density at radius 3 is 2.37 bits per heavy atom. The maximum Gasteiger partial charge on any atom is 0.412 e. The molecule has 0 aliphatic heterocycles. The van der Waals surface area contributed by atoms with Crippen LogP contribution in [-0.2, 0) is 14.3 Å². The molecule has 0 saturated carbocycles. The molecule has 0 fully saturated rings. The molecule has 3 aromatic rings. The number of rotatable bonds is 12. The number of aliphatic hydroxyl groups is 1. The third-order valence-corrected chi connectivity index (χ3v) is 6.11. The average molecular weight is 538 g/mol. The molecule has 0 aromatic heterocycles. The number of carbonyl (C=O) groups excluding carboxylic acids is 2. The Balaban J connectivity index is 1.79. The Morgan fingerprint density at radius 2 is 1.74 bits per heavy atom. The first-order valence-corrected chi connectivity index (χ1v) is 13.0. The zero-order valence-corrected chi connectivity index (χ0v) is 21.9. The number of aliphatic hydroxyl groups excluding tert-OH is 1. The Hall–Kier alpha value is -3.99. The van der Waals surface area contributed by atoms with Gasteiger partial charge in [0.2, 0.25) is 5.91 Å². The van der Waals surface area contributed by atoms with Gasteiger partial charge in [0.25, 0.3) is 0 Å². The minimum absolute atomic E-state index is 0.112. The Bertz CT molecular complexity index is 1220. The zero-order valence-electron chi connectivity index (χ0n) is 21.1. The quantitative estimate of drug-likeness (QED) is 0.146. The molecular weight excluding hydrogens is 506 g/mol. The van der Waals surface area contributed by atoms with E-state index in [1.165, 1.54) is 19.3 Å². The van der Waals surface area contributed by atoms with Gasteiger partial charge < -0.3 is 30.4 Å². The number of amides is 2. The average Bonchev–Trinajstić information content (AvgIpc) is 2.93. The van der Waals surface area contributed by atoms with Crippen LogP contribution in [0.4, 0.5) is 21.9 Å². The molecule has 0 aliphatic carbocycles. The highest BCUT2D eigenvalue weighted by Crippen LogP contribution is 2.28. The van der Waals surface area contributed by atoms with Crippen molar-refractivity contribution in [3.8, 4) is 5.75 Å². The van der Waals surface area contributed by atoms with E-state index in [1.807, 2.05) is 18.4 Å². The maximum atomic E-state index is 12.8. The molecule has 200 valence electrons. The van der Waals surface area contributed by atoms with E-state index in [9.17, 15) is 9.59 Å². The number of hydrogen-bond acceptors (Lipinski definition) is 8. The SMILES string of the molecule is CO[C@@H](/C=C/C(=O)Nc1ccccc1N)[C@@H](OC(=O)Nc1ccc(SC)cc1)c1ccc(OCCO)cc1. The van der Waals surface area contributed by atoms with Crippen molar-refractivity contribution in [2.45, 2.75) is 17.1 Å². The lowest BCUT2D eigenvalue weighted by atomic mass is 10.0. The molecule has 3 rings (SSSR count).